The van der Waals surface area contributed by atoms with E-state index >= 15 is 0 Å². The van der Waals surface area contributed by atoms with Gasteiger partial charge in [0.05, 0.1) is 11.6 Å². The zero-order chi connectivity index (χ0) is 26.2. The first kappa shape index (κ1) is 24.6. The van der Waals surface area contributed by atoms with Gasteiger partial charge >= 0.3 is 6.18 Å². The van der Waals surface area contributed by atoms with Crippen molar-refractivity contribution < 1.29 is 32.2 Å². The Kier molecular flexibility index (Phi) is 6.48. The van der Waals surface area contributed by atoms with Gasteiger partial charge in [0.25, 0.3) is 5.91 Å². The van der Waals surface area contributed by atoms with Crippen molar-refractivity contribution in [2.45, 2.75) is 31.5 Å². The van der Waals surface area contributed by atoms with Crippen LogP contribution in [0.15, 0.2) is 43.1 Å². The average Bonchev–Trinajstić information content (AvgIpc) is 3.08. The van der Waals surface area contributed by atoms with Crippen molar-refractivity contribution in [3.8, 4) is 11.5 Å². The fraction of sp³-hybridized carbons (Fsp3) is 0.360. The molecule has 1 unspecified atom stereocenters. The number of anilines is 1. The lowest BCUT2D eigenvalue weighted by atomic mass is 10.1. The van der Waals surface area contributed by atoms with E-state index in [1.54, 1.807) is 21.6 Å². The van der Waals surface area contributed by atoms with Gasteiger partial charge in [0, 0.05) is 24.8 Å². The summed E-state index contributed by atoms with van der Waals surface area (Å²) in [5.74, 6) is 0.134. The zero-order valence-corrected chi connectivity index (χ0v) is 19.8. The first-order valence-corrected chi connectivity index (χ1v) is 11.8. The number of fused-ring (bicyclic) bond motifs is 3. The SMILES string of the molecule is C=CC(=O)N1CCCCC(n2c(NC(=O)c3ccnc(C(F)(F)F)c3)nc3ccc4c(c32)OCCO4)C1. The Morgan fingerprint density at radius 3 is 2.76 bits per heavy atom. The predicted molar refractivity (Wildman–Crippen MR) is 128 cm³/mol. The molecule has 2 aliphatic heterocycles. The molecule has 37 heavy (non-hydrogen) atoms. The number of carbonyl (C=O) groups is 2. The molecular weight excluding hydrogens is 491 g/mol. The minimum Gasteiger partial charge on any atom is -0.486 e. The minimum atomic E-state index is -4.69. The highest BCUT2D eigenvalue weighted by atomic mass is 19.4. The molecule has 1 N–H and O–H groups in total. The third-order valence-corrected chi connectivity index (χ3v) is 6.39. The Bertz CT molecular complexity index is 1370. The summed E-state index contributed by atoms with van der Waals surface area (Å²) >= 11 is 0. The molecule has 0 aliphatic carbocycles. The summed E-state index contributed by atoms with van der Waals surface area (Å²) in [5.41, 5.74) is -0.297. The maximum Gasteiger partial charge on any atom is 0.433 e. The summed E-state index contributed by atoms with van der Waals surface area (Å²) in [4.78, 5) is 35.1. The first-order chi connectivity index (χ1) is 17.8. The number of hydrogen-bond acceptors (Lipinski definition) is 6. The van der Waals surface area contributed by atoms with E-state index in [1.165, 1.54) is 12.1 Å². The topological polar surface area (TPSA) is 98.6 Å². The summed E-state index contributed by atoms with van der Waals surface area (Å²) in [6.45, 7) is 5.18. The lowest BCUT2D eigenvalue weighted by Gasteiger charge is -2.27. The van der Waals surface area contributed by atoms with Crippen molar-refractivity contribution >= 4 is 28.8 Å². The number of halogens is 3. The van der Waals surface area contributed by atoms with Crippen LogP contribution >= 0.6 is 0 Å². The molecular formula is C25H24F3N5O4. The van der Waals surface area contributed by atoms with Crippen LogP contribution in [0.25, 0.3) is 11.0 Å². The van der Waals surface area contributed by atoms with Gasteiger partial charge in [-0.15, -0.1) is 0 Å². The van der Waals surface area contributed by atoms with E-state index < -0.39 is 17.8 Å². The number of alkyl halides is 3. The van der Waals surface area contributed by atoms with Crippen LogP contribution in [0.3, 0.4) is 0 Å². The molecule has 0 bridgehead atoms. The monoisotopic (exact) mass is 515 g/mol. The van der Waals surface area contributed by atoms with Crippen molar-refractivity contribution in [3.05, 3.63) is 54.4 Å². The molecule has 3 aromatic rings. The Morgan fingerprint density at radius 1 is 1.16 bits per heavy atom. The van der Waals surface area contributed by atoms with Gasteiger partial charge < -0.3 is 18.9 Å². The number of nitrogens with one attached hydrogen (secondary N) is 1. The molecule has 2 aliphatic rings. The average molecular weight is 515 g/mol. The van der Waals surface area contributed by atoms with E-state index in [0.717, 1.165) is 19.0 Å². The Morgan fingerprint density at radius 2 is 1.97 bits per heavy atom. The van der Waals surface area contributed by atoms with Gasteiger partial charge in [0.1, 0.15) is 24.4 Å². The third kappa shape index (κ3) is 4.83. The molecule has 0 spiro atoms. The van der Waals surface area contributed by atoms with E-state index in [2.05, 4.69) is 21.9 Å². The van der Waals surface area contributed by atoms with Crippen LogP contribution in [-0.2, 0) is 11.0 Å². The zero-order valence-electron chi connectivity index (χ0n) is 19.8. The molecule has 1 atom stereocenters. The van der Waals surface area contributed by atoms with E-state index in [1.807, 2.05) is 0 Å². The number of pyridine rings is 1. The predicted octanol–water partition coefficient (Wildman–Crippen LogP) is 4.21. The van der Waals surface area contributed by atoms with E-state index in [4.69, 9.17) is 9.47 Å². The van der Waals surface area contributed by atoms with Crippen molar-refractivity contribution in [2.24, 2.45) is 0 Å². The normalized spacial score (nSPS) is 17.8. The van der Waals surface area contributed by atoms with E-state index in [9.17, 15) is 22.8 Å². The van der Waals surface area contributed by atoms with Crippen molar-refractivity contribution in [1.82, 2.24) is 19.4 Å². The summed E-state index contributed by atoms with van der Waals surface area (Å²) < 4.78 is 52.9. The van der Waals surface area contributed by atoms with Gasteiger partial charge in [-0.1, -0.05) is 6.58 Å². The van der Waals surface area contributed by atoms with Gasteiger partial charge in [0.15, 0.2) is 11.5 Å². The molecule has 2 amide bonds. The van der Waals surface area contributed by atoms with Crippen LogP contribution in [0.5, 0.6) is 11.5 Å². The number of carbonyl (C=O) groups excluding carboxylic acids is 2. The number of likely N-dealkylation sites (tertiary alicyclic amines) is 1. The lowest BCUT2D eigenvalue weighted by molar-refractivity contribution is -0.141. The molecule has 9 nitrogen and oxygen atoms in total. The van der Waals surface area contributed by atoms with E-state index in [0.29, 0.717) is 61.3 Å². The first-order valence-electron chi connectivity index (χ1n) is 11.8. The van der Waals surface area contributed by atoms with Crippen LogP contribution < -0.4 is 14.8 Å². The fourth-order valence-corrected chi connectivity index (χ4v) is 4.69. The van der Waals surface area contributed by atoms with Crippen LogP contribution in [0.1, 0.15) is 41.4 Å². The number of imidazole rings is 1. The van der Waals surface area contributed by atoms with Crippen molar-refractivity contribution in [3.63, 3.8) is 0 Å². The van der Waals surface area contributed by atoms with Crippen LogP contribution in [-0.4, -0.2) is 57.6 Å². The maximum atomic E-state index is 13.2. The maximum absolute atomic E-state index is 13.2. The number of aromatic nitrogens is 3. The van der Waals surface area contributed by atoms with Gasteiger partial charge in [-0.2, -0.15) is 13.2 Å². The molecule has 1 fully saturated rings. The van der Waals surface area contributed by atoms with E-state index in [-0.39, 0.29) is 23.5 Å². The second kappa shape index (κ2) is 9.75. The number of nitrogens with zero attached hydrogens (tertiary/aromatic N) is 4. The number of amides is 2. The van der Waals surface area contributed by atoms with Crippen LogP contribution in [0.2, 0.25) is 0 Å². The number of ether oxygens (including phenoxy) is 2. The second-order valence-electron chi connectivity index (χ2n) is 8.78. The molecule has 4 heterocycles. The van der Waals surface area contributed by atoms with Crippen molar-refractivity contribution in [2.75, 3.05) is 31.6 Å². The largest absolute Gasteiger partial charge is 0.486 e. The Balaban J connectivity index is 1.59. The quantitative estimate of drug-likeness (QED) is 0.523. The van der Waals surface area contributed by atoms with Crippen molar-refractivity contribution in [1.29, 1.82) is 0 Å². The highest BCUT2D eigenvalue weighted by Crippen LogP contribution is 2.41. The summed E-state index contributed by atoms with van der Waals surface area (Å²) in [7, 11) is 0. The smallest absolute Gasteiger partial charge is 0.433 e. The highest BCUT2D eigenvalue weighted by molar-refractivity contribution is 6.04. The Labute approximate surface area is 209 Å². The summed E-state index contributed by atoms with van der Waals surface area (Å²) in [6, 6.07) is 5.04. The highest BCUT2D eigenvalue weighted by Gasteiger charge is 2.34. The molecule has 1 aromatic carbocycles. The van der Waals surface area contributed by atoms with Gasteiger partial charge in [-0.25, -0.2) is 4.98 Å². The van der Waals surface area contributed by atoms with Gasteiger partial charge in [0.2, 0.25) is 11.9 Å². The minimum absolute atomic E-state index is 0.130. The van der Waals surface area contributed by atoms with Crippen LogP contribution in [0.4, 0.5) is 19.1 Å². The number of hydrogen-bond donors (Lipinski definition) is 1. The third-order valence-electron chi connectivity index (χ3n) is 6.39. The molecule has 0 radical (unpaired) electrons. The molecule has 194 valence electrons. The molecule has 0 saturated carbocycles. The van der Waals surface area contributed by atoms with Crippen LogP contribution in [0, 0.1) is 0 Å². The lowest BCUT2D eigenvalue weighted by Crippen LogP contribution is -2.34. The standard InChI is InChI=1S/C25H24F3N5O4/c1-2-20(34)32-10-4-3-5-16(14-32)33-21-17(6-7-18-22(21)37-12-11-36-18)30-24(33)31-23(35)15-8-9-29-19(13-15)25(26,27)28/h2,6-9,13,16H,1,3-5,10-12,14H2,(H,30,31,35). The van der Waals surface area contributed by atoms with Gasteiger partial charge in [-0.05, 0) is 49.6 Å². The van der Waals surface area contributed by atoms with Gasteiger partial charge in [-0.3, -0.25) is 19.9 Å². The molecule has 5 rings (SSSR count). The number of benzene rings is 1. The Hall–Kier alpha value is -4.09. The fourth-order valence-electron chi connectivity index (χ4n) is 4.69. The molecule has 1 saturated heterocycles. The second-order valence-corrected chi connectivity index (χ2v) is 8.78. The number of rotatable bonds is 4. The molecule has 2 aromatic heterocycles. The summed E-state index contributed by atoms with van der Waals surface area (Å²) in [5, 5.41) is 2.68. The molecule has 12 heteroatoms. The summed E-state index contributed by atoms with van der Waals surface area (Å²) in [6.07, 6.45) is -0.220.